The number of nitrogens with one attached hydrogen (secondary N) is 1. The predicted octanol–water partition coefficient (Wildman–Crippen LogP) is 5.48. The number of aromatic hydroxyl groups is 1. The van der Waals surface area contributed by atoms with Gasteiger partial charge in [0.15, 0.2) is 11.5 Å². The van der Waals surface area contributed by atoms with Crippen molar-refractivity contribution in [2.45, 2.75) is 19.8 Å². The van der Waals surface area contributed by atoms with Gasteiger partial charge in [-0.1, -0.05) is 37.3 Å². The van der Waals surface area contributed by atoms with E-state index in [0.29, 0.717) is 12.5 Å². The highest BCUT2D eigenvalue weighted by molar-refractivity contribution is 6.00. The third-order valence-corrected chi connectivity index (χ3v) is 6.04. The Labute approximate surface area is 194 Å². The minimum atomic E-state index is 0.263. The maximum absolute atomic E-state index is 9.88. The van der Waals surface area contributed by atoms with Crippen molar-refractivity contribution in [2.75, 3.05) is 26.5 Å². The summed E-state index contributed by atoms with van der Waals surface area (Å²) in [7, 11) is 0. The highest BCUT2D eigenvalue weighted by atomic mass is 16.7. The Kier molecular flexibility index (Phi) is 6.22. The fourth-order valence-electron chi connectivity index (χ4n) is 4.26. The fourth-order valence-corrected chi connectivity index (χ4v) is 4.26. The van der Waals surface area contributed by atoms with Crippen molar-refractivity contribution >= 4 is 11.1 Å². The average Bonchev–Trinajstić information content (AvgIpc) is 3.57. The van der Waals surface area contributed by atoms with Crippen LogP contribution in [0, 0.1) is 5.92 Å². The summed E-state index contributed by atoms with van der Waals surface area (Å²) in [5.41, 5.74) is 5.83. The van der Waals surface area contributed by atoms with Crippen LogP contribution in [0.2, 0.25) is 0 Å². The molecule has 5 heteroatoms. The SMILES string of the molecule is CCNCCOc1ccc(C(=C(c2ccc3c(c2)OCO3)C2CC2)c2ccc(O)cc2)cc1. The first kappa shape index (κ1) is 21.4. The minimum Gasteiger partial charge on any atom is -0.508 e. The summed E-state index contributed by atoms with van der Waals surface area (Å²) in [6.45, 7) is 4.75. The van der Waals surface area contributed by atoms with Gasteiger partial charge in [-0.3, -0.25) is 0 Å². The second kappa shape index (κ2) is 9.59. The van der Waals surface area contributed by atoms with E-state index in [1.807, 2.05) is 30.3 Å². The van der Waals surface area contributed by atoms with Crippen LogP contribution < -0.4 is 19.5 Å². The molecule has 3 aromatic rings. The first-order valence-electron chi connectivity index (χ1n) is 11.6. The van der Waals surface area contributed by atoms with Crippen molar-refractivity contribution in [3.05, 3.63) is 83.4 Å². The van der Waals surface area contributed by atoms with Crippen molar-refractivity contribution in [3.8, 4) is 23.0 Å². The van der Waals surface area contributed by atoms with E-state index in [9.17, 15) is 5.11 Å². The lowest BCUT2D eigenvalue weighted by Gasteiger charge is -2.18. The summed E-state index contributed by atoms with van der Waals surface area (Å²) >= 11 is 0. The van der Waals surface area contributed by atoms with Gasteiger partial charge in [-0.2, -0.15) is 0 Å². The molecule has 0 amide bonds. The molecule has 0 saturated heterocycles. The van der Waals surface area contributed by atoms with Gasteiger partial charge in [0.2, 0.25) is 6.79 Å². The number of ether oxygens (including phenoxy) is 3. The smallest absolute Gasteiger partial charge is 0.231 e. The molecule has 0 atom stereocenters. The van der Waals surface area contributed by atoms with Crippen molar-refractivity contribution in [1.29, 1.82) is 0 Å². The van der Waals surface area contributed by atoms with Gasteiger partial charge in [0, 0.05) is 6.54 Å². The van der Waals surface area contributed by atoms with E-state index in [0.717, 1.165) is 59.9 Å². The lowest BCUT2D eigenvalue weighted by Crippen LogP contribution is -2.20. The van der Waals surface area contributed by atoms with Crippen LogP contribution in [0.1, 0.15) is 36.5 Å². The van der Waals surface area contributed by atoms with Crippen LogP contribution in [0.25, 0.3) is 11.1 Å². The molecule has 1 aliphatic carbocycles. The van der Waals surface area contributed by atoms with Crippen molar-refractivity contribution < 1.29 is 19.3 Å². The van der Waals surface area contributed by atoms with E-state index in [4.69, 9.17) is 14.2 Å². The molecule has 33 heavy (non-hydrogen) atoms. The van der Waals surface area contributed by atoms with Crippen LogP contribution in [-0.4, -0.2) is 31.6 Å². The van der Waals surface area contributed by atoms with Crippen LogP contribution >= 0.6 is 0 Å². The van der Waals surface area contributed by atoms with Gasteiger partial charge >= 0.3 is 0 Å². The third kappa shape index (κ3) is 4.83. The normalized spacial score (nSPS) is 15.3. The molecule has 1 heterocycles. The summed E-state index contributed by atoms with van der Waals surface area (Å²) in [6, 6.07) is 22.0. The Morgan fingerprint density at radius 1 is 0.909 bits per heavy atom. The number of likely N-dealkylation sites (N-methyl/N-ethyl adjacent to an activating group) is 1. The molecule has 3 aromatic carbocycles. The molecule has 5 nitrogen and oxygen atoms in total. The summed E-state index contributed by atoms with van der Waals surface area (Å²) in [6.07, 6.45) is 2.33. The van der Waals surface area contributed by atoms with Crippen LogP contribution in [0.5, 0.6) is 23.0 Å². The molecular formula is C28H29NO4. The van der Waals surface area contributed by atoms with Gasteiger partial charge in [-0.05, 0) is 89.5 Å². The van der Waals surface area contributed by atoms with Crippen LogP contribution in [-0.2, 0) is 0 Å². The molecule has 0 unspecified atom stereocenters. The molecule has 2 aliphatic rings. The van der Waals surface area contributed by atoms with Gasteiger partial charge in [-0.15, -0.1) is 0 Å². The second-order valence-corrected chi connectivity index (χ2v) is 8.40. The van der Waals surface area contributed by atoms with E-state index >= 15 is 0 Å². The summed E-state index contributed by atoms with van der Waals surface area (Å²) in [4.78, 5) is 0. The third-order valence-electron chi connectivity index (χ3n) is 6.04. The zero-order chi connectivity index (χ0) is 22.6. The Morgan fingerprint density at radius 3 is 2.27 bits per heavy atom. The van der Waals surface area contributed by atoms with Crippen molar-refractivity contribution in [1.82, 2.24) is 5.32 Å². The molecule has 0 bridgehead atoms. The summed E-state index contributed by atoms with van der Waals surface area (Å²) in [5.74, 6) is 3.20. The molecular weight excluding hydrogens is 414 g/mol. The van der Waals surface area contributed by atoms with E-state index in [1.165, 1.54) is 11.1 Å². The molecule has 0 aromatic heterocycles. The number of hydrogen-bond donors (Lipinski definition) is 2. The number of rotatable bonds is 9. The molecule has 1 aliphatic heterocycles. The van der Waals surface area contributed by atoms with Crippen molar-refractivity contribution in [2.24, 2.45) is 5.92 Å². The molecule has 170 valence electrons. The highest BCUT2D eigenvalue weighted by Gasteiger charge is 2.31. The van der Waals surface area contributed by atoms with Gasteiger partial charge in [-0.25, -0.2) is 0 Å². The van der Waals surface area contributed by atoms with Gasteiger partial charge in [0.05, 0.1) is 0 Å². The van der Waals surface area contributed by atoms with Crippen LogP contribution in [0.4, 0.5) is 0 Å². The Hall–Kier alpha value is -3.44. The topological polar surface area (TPSA) is 60.0 Å². The maximum atomic E-state index is 9.88. The number of fused-ring (bicyclic) bond motifs is 1. The Balaban J connectivity index is 1.56. The molecule has 0 radical (unpaired) electrons. The number of phenols is 1. The Morgan fingerprint density at radius 2 is 1.58 bits per heavy atom. The van der Waals surface area contributed by atoms with Gasteiger partial charge in [0.25, 0.3) is 0 Å². The standard InChI is InChI=1S/C28H29NO4/c1-2-29-15-16-31-24-12-7-21(8-13-24)27(20-5-10-23(30)11-6-20)28(19-3-4-19)22-9-14-25-26(17-22)33-18-32-25/h5-14,17,19,29-30H,2-4,15-16,18H2,1H3. The molecule has 1 saturated carbocycles. The predicted molar refractivity (Wildman–Crippen MR) is 130 cm³/mol. The fraction of sp³-hybridized carbons (Fsp3) is 0.286. The average molecular weight is 444 g/mol. The number of phenolic OH excluding ortho intramolecular Hbond substituents is 1. The van der Waals surface area contributed by atoms with Gasteiger partial charge in [0.1, 0.15) is 18.1 Å². The molecule has 0 spiro atoms. The lowest BCUT2D eigenvalue weighted by atomic mass is 9.87. The van der Waals surface area contributed by atoms with E-state index < -0.39 is 0 Å². The van der Waals surface area contributed by atoms with E-state index in [2.05, 4.69) is 36.5 Å². The Bertz CT molecular complexity index is 1130. The number of hydrogen-bond acceptors (Lipinski definition) is 5. The molecule has 1 fully saturated rings. The van der Waals surface area contributed by atoms with Crippen molar-refractivity contribution in [3.63, 3.8) is 0 Å². The van der Waals surface area contributed by atoms with E-state index in [-0.39, 0.29) is 12.5 Å². The first-order chi connectivity index (χ1) is 16.2. The van der Waals surface area contributed by atoms with E-state index in [1.54, 1.807) is 12.1 Å². The second-order valence-electron chi connectivity index (χ2n) is 8.40. The minimum absolute atomic E-state index is 0.263. The quantitative estimate of drug-likeness (QED) is 0.339. The van der Waals surface area contributed by atoms with Gasteiger partial charge < -0.3 is 24.6 Å². The number of allylic oxidation sites excluding steroid dienone is 1. The zero-order valence-electron chi connectivity index (χ0n) is 18.8. The maximum Gasteiger partial charge on any atom is 0.231 e. The summed E-state index contributed by atoms with van der Waals surface area (Å²) < 4.78 is 17.1. The highest BCUT2D eigenvalue weighted by Crippen LogP contribution is 2.49. The largest absolute Gasteiger partial charge is 0.508 e. The zero-order valence-corrected chi connectivity index (χ0v) is 18.8. The van der Waals surface area contributed by atoms with Crippen LogP contribution in [0.3, 0.4) is 0 Å². The molecule has 2 N–H and O–H groups in total. The summed E-state index contributed by atoms with van der Waals surface area (Å²) in [5, 5.41) is 13.2. The molecule has 5 rings (SSSR count). The number of benzene rings is 3. The lowest BCUT2D eigenvalue weighted by molar-refractivity contribution is 0.174. The van der Waals surface area contributed by atoms with Crippen LogP contribution in [0.15, 0.2) is 66.7 Å². The monoisotopic (exact) mass is 443 g/mol. The first-order valence-corrected chi connectivity index (χ1v) is 11.6.